The van der Waals surface area contributed by atoms with Gasteiger partial charge in [0.05, 0.1) is 0 Å². The van der Waals surface area contributed by atoms with E-state index in [9.17, 15) is 15.3 Å². The van der Waals surface area contributed by atoms with Crippen molar-refractivity contribution in [3.8, 4) is 17.2 Å². The van der Waals surface area contributed by atoms with Crippen molar-refractivity contribution in [2.24, 2.45) is 5.92 Å². The third-order valence-corrected chi connectivity index (χ3v) is 5.37. The van der Waals surface area contributed by atoms with E-state index in [0.29, 0.717) is 11.5 Å². The molecule has 0 heterocycles. The van der Waals surface area contributed by atoms with E-state index in [2.05, 4.69) is 33.8 Å². The average molecular weight is 318 g/mol. The summed E-state index contributed by atoms with van der Waals surface area (Å²) in [6.07, 6.45) is 6.34. The molecule has 0 bridgehead atoms. The summed E-state index contributed by atoms with van der Waals surface area (Å²) in [7, 11) is 0. The van der Waals surface area contributed by atoms with Gasteiger partial charge >= 0.3 is 0 Å². The quantitative estimate of drug-likeness (QED) is 0.391. The van der Waals surface area contributed by atoms with Crippen LogP contribution >= 0.6 is 0 Å². The summed E-state index contributed by atoms with van der Waals surface area (Å²) in [5.74, 6) is 0.766. The molecule has 128 valence electrons. The Labute approximate surface area is 139 Å². The SMILES string of the molecule is CC(C)=CCC[C@H](C)C1CC[C@H](C)c2c(O)c(O)c(C)c(O)c21. The Hall–Kier alpha value is -1.64. The van der Waals surface area contributed by atoms with Gasteiger partial charge in [-0.2, -0.15) is 0 Å². The number of phenolic OH excluding ortho intramolecular Hbond substituents is 3. The summed E-state index contributed by atoms with van der Waals surface area (Å²) in [4.78, 5) is 0. The Morgan fingerprint density at radius 2 is 1.74 bits per heavy atom. The molecule has 0 aromatic heterocycles. The maximum absolute atomic E-state index is 10.6. The van der Waals surface area contributed by atoms with E-state index in [-0.39, 0.29) is 29.1 Å². The highest BCUT2D eigenvalue weighted by Gasteiger charge is 2.35. The standard InChI is InChI=1S/C20H30O3/c1-11(2)7-6-8-12(3)15-10-9-13(4)16-17(15)18(21)14(5)19(22)20(16)23/h7,12-13,15,21-23H,6,8-10H2,1-5H3/t12-,13-,15?/m0/s1. The van der Waals surface area contributed by atoms with Gasteiger partial charge in [-0.05, 0) is 64.2 Å². The van der Waals surface area contributed by atoms with Crippen molar-refractivity contribution in [2.45, 2.75) is 72.1 Å². The maximum Gasteiger partial charge on any atom is 0.164 e. The second-order valence-corrected chi connectivity index (χ2v) is 7.42. The van der Waals surface area contributed by atoms with Crippen LogP contribution in [0.3, 0.4) is 0 Å². The molecule has 1 aromatic rings. The largest absolute Gasteiger partial charge is 0.507 e. The van der Waals surface area contributed by atoms with Gasteiger partial charge in [0.2, 0.25) is 0 Å². The minimum atomic E-state index is -0.175. The fraction of sp³-hybridized carbons (Fsp3) is 0.600. The third kappa shape index (κ3) is 3.34. The van der Waals surface area contributed by atoms with Gasteiger partial charge in [-0.3, -0.25) is 0 Å². The van der Waals surface area contributed by atoms with Crippen molar-refractivity contribution >= 4 is 0 Å². The zero-order valence-electron chi connectivity index (χ0n) is 15.0. The number of fused-ring (bicyclic) bond motifs is 1. The number of allylic oxidation sites excluding steroid dienone is 2. The van der Waals surface area contributed by atoms with Crippen molar-refractivity contribution in [1.29, 1.82) is 0 Å². The molecule has 0 spiro atoms. The molecule has 0 saturated heterocycles. The van der Waals surface area contributed by atoms with Crippen LogP contribution in [0.25, 0.3) is 0 Å². The first-order chi connectivity index (χ1) is 10.8. The molecular formula is C20H30O3. The predicted molar refractivity (Wildman–Crippen MR) is 94.4 cm³/mol. The van der Waals surface area contributed by atoms with Crippen LogP contribution in [0.1, 0.15) is 81.9 Å². The second-order valence-electron chi connectivity index (χ2n) is 7.42. The van der Waals surface area contributed by atoms with Gasteiger partial charge in [0.1, 0.15) is 5.75 Å². The molecule has 3 N–H and O–H groups in total. The van der Waals surface area contributed by atoms with Crippen LogP contribution in [0.5, 0.6) is 17.2 Å². The molecule has 0 fully saturated rings. The van der Waals surface area contributed by atoms with Gasteiger partial charge in [-0.25, -0.2) is 0 Å². The second kappa shape index (κ2) is 6.86. The molecule has 0 radical (unpaired) electrons. The Morgan fingerprint density at radius 3 is 2.35 bits per heavy atom. The Kier molecular flexibility index (Phi) is 5.28. The number of hydrogen-bond donors (Lipinski definition) is 3. The highest BCUT2D eigenvalue weighted by atomic mass is 16.3. The molecule has 1 aliphatic carbocycles. The molecule has 3 heteroatoms. The Balaban J connectivity index is 2.41. The average Bonchev–Trinajstić information content (AvgIpc) is 2.49. The summed E-state index contributed by atoms with van der Waals surface area (Å²) in [6, 6.07) is 0. The molecule has 3 nitrogen and oxygen atoms in total. The summed E-state index contributed by atoms with van der Waals surface area (Å²) in [6.45, 7) is 10.2. The lowest BCUT2D eigenvalue weighted by atomic mass is 9.70. The smallest absolute Gasteiger partial charge is 0.164 e. The summed E-state index contributed by atoms with van der Waals surface area (Å²) >= 11 is 0. The van der Waals surface area contributed by atoms with E-state index in [1.165, 1.54) is 5.57 Å². The van der Waals surface area contributed by atoms with Gasteiger partial charge in [0.25, 0.3) is 0 Å². The highest BCUT2D eigenvalue weighted by Crippen LogP contribution is 2.54. The first kappa shape index (κ1) is 17.7. The Morgan fingerprint density at radius 1 is 1.09 bits per heavy atom. The van der Waals surface area contributed by atoms with Crippen molar-refractivity contribution in [3.05, 3.63) is 28.3 Å². The first-order valence-electron chi connectivity index (χ1n) is 8.66. The monoisotopic (exact) mass is 318 g/mol. The van der Waals surface area contributed by atoms with E-state index >= 15 is 0 Å². The zero-order valence-corrected chi connectivity index (χ0v) is 15.0. The number of benzene rings is 1. The lowest BCUT2D eigenvalue weighted by Crippen LogP contribution is -2.19. The number of rotatable bonds is 4. The van der Waals surface area contributed by atoms with Crippen LogP contribution < -0.4 is 0 Å². The van der Waals surface area contributed by atoms with Crippen LogP contribution in [0, 0.1) is 12.8 Å². The fourth-order valence-electron chi connectivity index (χ4n) is 3.87. The molecule has 1 aliphatic rings. The van der Waals surface area contributed by atoms with Gasteiger partial charge in [0.15, 0.2) is 11.5 Å². The van der Waals surface area contributed by atoms with Gasteiger partial charge in [-0.15, -0.1) is 0 Å². The molecule has 23 heavy (non-hydrogen) atoms. The summed E-state index contributed by atoms with van der Waals surface area (Å²) in [5, 5.41) is 31.1. The van der Waals surface area contributed by atoms with Crippen LogP contribution in [0.15, 0.2) is 11.6 Å². The van der Waals surface area contributed by atoms with E-state index in [1.54, 1.807) is 6.92 Å². The van der Waals surface area contributed by atoms with Crippen LogP contribution in [-0.4, -0.2) is 15.3 Å². The van der Waals surface area contributed by atoms with Crippen molar-refractivity contribution in [3.63, 3.8) is 0 Å². The molecule has 0 saturated carbocycles. The normalized spacial score (nSPS) is 21.6. The number of aromatic hydroxyl groups is 3. The maximum atomic E-state index is 10.6. The lowest BCUT2D eigenvalue weighted by Gasteiger charge is -2.35. The van der Waals surface area contributed by atoms with Crippen LogP contribution in [0.2, 0.25) is 0 Å². The minimum Gasteiger partial charge on any atom is -0.507 e. The summed E-state index contributed by atoms with van der Waals surface area (Å²) < 4.78 is 0. The third-order valence-electron chi connectivity index (χ3n) is 5.37. The molecule has 0 aliphatic heterocycles. The molecule has 1 unspecified atom stereocenters. The highest BCUT2D eigenvalue weighted by molar-refractivity contribution is 5.63. The van der Waals surface area contributed by atoms with E-state index < -0.39 is 0 Å². The fourth-order valence-corrected chi connectivity index (χ4v) is 3.87. The van der Waals surface area contributed by atoms with Gasteiger partial charge in [-0.1, -0.05) is 25.5 Å². The zero-order chi connectivity index (χ0) is 17.3. The van der Waals surface area contributed by atoms with Crippen LogP contribution in [0.4, 0.5) is 0 Å². The number of hydrogen-bond acceptors (Lipinski definition) is 3. The predicted octanol–water partition coefficient (Wildman–Crippen LogP) is 5.48. The molecule has 3 atom stereocenters. The number of phenols is 3. The van der Waals surface area contributed by atoms with Gasteiger partial charge in [0, 0.05) is 16.7 Å². The molecule has 0 amide bonds. The Bertz CT molecular complexity index is 612. The van der Waals surface area contributed by atoms with Crippen molar-refractivity contribution in [2.75, 3.05) is 0 Å². The van der Waals surface area contributed by atoms with Crippen molar-refractivity contribution in [1.82, 2.24) is 0 Å². The lowest BCUT2D eigenvalue weighted by molar-refractivity contribution is 0.332. The molecule has 1 aromatic carbocycles. The van der Waals surface area contributed by atoms with E-state index in [1.807, 2.05) is 0 Å². The van der Waals surface area contributed by atoms with E-state index in [4.69, 9.17) is 0 Å². The topological polar surface area (TPSA) is 60.7 Å². The van der Waals surface area contributed by atoms with Crippen LogP contribution in [-0.2, 0) is 0 Å². The minimum absolute atomic E-state index is 0.0380. The molecular weight excluding hydrogens is 288 g/mol. The first-order valence-corrected chi connectivity index (χ1v) is 8.66. The van der Waals surface area contributed by atoms with Gasteiger partial charge < -0.3 is 15.3 Å². The summed E-state index contributed by atoms with van der Waals surface area (Å²) in [5.41, 5.74) is 3.32. The molecule has 2 rings (SSSR count). The van der Waals surface area contributed by atoms with E-state index in [0.717, 1.165) is 36.8 Å². The van der Waals surface area contributed by atoms with Crippen molar-refractivity contribution < 1.29 is 15.3 Å².